The van der Waals surface area contributed by atoms with Gasteiger partial charge in [0.2, 0.25) is 0 Å². The number of hydroxylamine groups is 2. The van der Waals surface area contributed by atoms with Crippen molar-refractivity contribution in [1.29, 1.82) is 0 Å². The fourth-order valence-electron chi connectivity index (χ4n) is 3.10. The number of rotatable bonds is 2. The van der Waals surface area contributed by atoms with Crippen molar-refractivity contribution in [2.45, 2.75) is 57.7 Å². The highest BCUT2D eigenvalue weighted by Crippen LogP contribution is 2.38. The van der Waals surface area contributed by atoms with Gasteiger partial charge in [-0.3, -0.25) is 4.99 Å². The molecule has 1 aromatic carbocycles. The summed E-state index contributed by atoms with van der Waals surface area (Å²) >= 11 is 0. The lowest BCUT2D eigenvalue weighted by atomic mass is 9.79. The molecule has 0 saturated carbocycles. The second-order valence-corrected chi connectivity index (χ2v) is 6.82. The van der Waals surface area contributed by atoms with Gasteiger partial charge >= 0.3 is 0 Å². The van der Waals surface area contributed by atoms with Crippen molar-refractivity contribution < 1.29 is 10.3 Å². The SMILES string of the molecule is CC1(C)CC(N=Cc2ccccc2O)CC(C)(C)N1[O]. The highest BCUT2D eigenvalue weighted by atomic mass is 16.5. The molecule has 109 valence electrons. The average Bonchev–Trinajstić information content (AvgIpc) is 2.34. The van der Waals surface area contributed by atoms with Crippen molar-refractivity contribution in [3.63, 3.8) is 0 Å². The van der Waals surface area contributed by atoms with E-state index in [-0.39, 0.29) is 11.8 Å². The first-order valence-corrected chi connectivity index (χ1v) is 7.01. The molecular weight excluding hydrogens is 252 g/mol. The van der Waals surface area contributed by atoms with Gasteiger partial charge in [-0.2, -0.15) is 0 Å². The number of hydrogen-bond donors (Lipinski definition) is 1. The molecule has 0 aromatic heterocycles. The average molecular weight is 275 g/mol. The summed E-state index contributed by atoms with van der Waals surface area (Å²) in [5, 5.41) is 23.2. The third kappa shape index (κ3) is 3.02. The molecule has 1 aliphatic rings. The second-order valence-electron chi connectivity index (χ2n) is 6.82. The number of aromatic hydroxyl groups is 1. The number of aliphatic imine (C=N–C) groups is 1. The maximum Gasteiger partial charge on any atom is 0.124 e. The molecule has 0 unspecified atom stereocenters. The highest BCUT2D eigenvalue weighted by Gasteiger charge is 2.45. The number of nitrogens with zero attached hydrogens (tertiary/aromatic N) is 2. The first-order valence-electron chi connectivity index (χ1n) is 7.01. The molecule has 1 aromatic rings. The second kappa shape index (κ2) is 5.19. The Morgan fingerprint density at radius 2 is 1.75 bits per heavy atom. The molecule has 1 radical (unpaired) electrons. The Morgan fingerprint density at radius 1 is 1.20 bits per heavy atom. The van der Waals surface area contributed by atoms with Gasteiger partial charge in [-0.15, -0.1) is 10.3 Å². The zero-order chi connectivity index (χ0) is 15.0. The van der Waals surface area contributed by atoms with Crippen LogP contribution in [0.1, 0.15) is 46.1 Å². The quantitative estimate of drug-likeness (QED) is 0.843. The first-order chi connectivity index (χ1) is 9.22. The Morgan fingerprint density at radius 3 is 2.30 bits per heavy atom. The Kier molecular flexibility index (Phi) is 3.89. The molecule has 20 heavy (non-hydrogen) atoms. The van der Waals surface area contributed by atoms with Crippen LogP contribution in [-0.4, -0.2) is 33.5 Å². The van der Waals surface area contributed by atoms with E-state index in [1.54, 1.807) is 18.3 Å². The first kappa shape index (κ1) is 15.0. The van der Waals surface area contributed by atoms with E-state index in [1.807, 2.05) is 39.8 Å². The predicted molar refractivity (Wildman–Crippen MR) is 79.4 cm³/mol. The molecule has 0 atom stereocenters. The van der Waals surface area contributed by atoms with E-state index < -0.39 is 11.1 Å². The fraction of sp³-hybridized carbons (Fsp3) is 0.562. The van der Waals surface area contributed by atoms with Crippen LogP contribution < -0.4 is 0 Å². The monoisotopic (exact) mass is 275 g/mol. The Hall–Kier alpha value is -1.39. The normalized spacial score (nSPS) is 23.2. The summed E-state index contributed by atoms with van der Waals surface area (Å²) in [5.74, 6) is 0.232. The molecule has 0 amide bonds. The van der Waals surface area contributed by atoms with Crippen molar-refractivity contribution in [2.75, 3.05) is 0 Å². The zero-order valence-corrected chi connectivity index (χ0v) is 12.6. The maximum atomic E-state index is 12.3. The van der Waals surface area contributed by atoms with E-state index in [4.69, 9.17) is 0 Å². The predicted octanol–water partition coefficient (Wildman–Crippen LogP) is 3.18. The molecule has 1 saturated heterocycles. The summed E-state index contributed by atoms with van der Waals surface area (Å²) in [5.41, 5.74) is -0.113. The van der Waals surface area contributed by atoms with Crippen LogP contribution in [0.5, 0.6) is 5.75 Å². The number of phenols is 1. The topological polar surface area (TPSA) is 55.7 Å². The van der Waals surface area contributed by atoms with Crippen LogP contribution in [0.25, 0.3) is 0 Å². The Labute approximate surface area is 120 Å². The standard InChI is InChI=1S/C16H23N2O2/c1-15(2)9-13(10-16(3,4)18(15)20)17-11-12-7-5-6-8-14(12)19/h5-8,11,13,19H,9-10H2,1-4H3. The van der Waals surface area contributed by atoms with Gasteiger partial charge in [0, 0.05) is 22.9 Å². The van der Waals surface area contributed by atoms with Crippen LogP contribution in [0.2, 0.25) is 0 Å². The largest absolute Gasteiger partial charge is 0.507 e. The lowest BCUT2D eigenvalue weighted by Gasteiger charge is -2.48. The summed E-state index contributed by atoms with van der Waals surface area (Å²) in [6.07, 6.45) is 3.17. The number of benzene rings is 1. The van der Waals surface area contributed by atoms with E-state index in [0.717, 1.165) is 12.8 Å². The van der Waals surface area contributed by atoms with E-state index in [9.17, 15) is 10.3 Å². The Balaban J connectivity index is 2.17. The van der Waals surface area contributed by atoms with E-state index >= 15 is 0 Å². The van der Waals surface area contributed by atoms with Crippen LogP contribution in [-0.2, 0) is 5.21 Å². The number of hydrogen-bond acceptors (Lipinski definition) is 3. The van der Waals surface area contributed by atoms with Gasteiger partial charge < -0.3 is 5.11 Å². The summed E-state index contributed by atoms with van der Waals surface area (Å²) in [6, 6.07) is 7.24. The van der Waals surface area contributed by atoms with Crippen molar-refractivity contribution >= 4 is 6.21 Å². The van der Waals surface area contributed by atoms with Gasteiger partial charge in [-0.1, -0.05) is 12.1 Å². The van der Waals surface area contributed by atoms with Crippen molar-refractivity contribution in [3.05, 3.63) is 29.8 Å². The third-order valence-corrected chi connectivity index (χ3v) is 3.93. The molecule has 4 nitrogen and oxygen atoms in total. The van der Waals surface area contributed by atoms with Gasteiger partial charge in [0.25, 0.3) is 0 Å². The lowest BCUT2D eigenvalue weighted by Crippen LogP contribution is -2.59. The maximum absolute atomic E-state index is 12.3. The van der Waals surface area contributed by atoms with Gasteiger partial charge in [0.05, 0.1) is 6.04 Å². The van der Waals surface area contributed by atoms with Gasteiger partial charge in [-0.25, -0.2) is 0 Å². The van der Waals surface area contributed by atoms with Crippen LogP contribution in [0.3, 0.4) is 0 Å². The van der Waals surface area contributed by atoms with Gasteiger partial charge in [0.1, 0.15) is 5.75 Å². The molecular formula is C16H23N2O2. The van der Waals surface area contributed by atoms with Gasteiger partial charge in [0.15, 0.2) is 0 Å². The molecule has 2 rings (SSSR count). The fourth-order valence-corrected chi connectivity index (χ4v) is 3.10. The van der Waals surface area contributed by atoms with Crippen LogP contribution in [0, 0.1) is 0 Å². The Bertz CT molecular complexity index is 491. The zero-order valence-electron chi connectivity index (χ0n) is 12.6. The van der Waals surface area contributed by atoms with E-state index in [1.165, 1.54) is 5.06 Å². The summed E-state index contributed by atoms with van der Waals surface area (Å²) in [7, 11) is 0. The number of para-hydroxylation sites is 1. The summed E-state index contributed by atoms with van der Waals surface area (Å²) in [4.78, 5) is 4.59. The van der Waals surface area contributed by atoms with Crippen LogP contribution in [0.4, 0.5) is 0 Å². The van der Waals surface area contributed by atoms with Crippen molar-refractivity contribution in [3.8, 4) is 5.75 Å². The number of piperidine rings is 1. The highest BCUT2D eigenvalue weighted by molar-refractivity contribution is 5.83. The molecule has 1 aliphatic heterocycles. The van der Waals surface area contributed by atoms with Gasteiger partial charge in [-0.05, 0) is 52.7 Å². The van der Waals surface area contributed by atoms with E-state index in [0.29, 0.717) is 5.56 Å². The van der Waals surface area contributed by atoms with Crippen molar-refractivity contribution in [2.24, 2.45) is 4.99 Å². The smallest absolute Gasteiger partial charge is 0.124 e. The molecule has 0 spiro atoms. The minimum atomic E-state index is -0.414. The third-order valence-electron chi connectivity index (χ3n) is 3.93. The molecule has 1 fully saturated rings. The van der Waals surface area contributed by atoms with E-state index in [2.05, 4.69) is 4.99 Å². The minimum absolute atomic E-state index is 0.102. The minimum Gasteiger partial charge on any atom is -0.507 e. The van der Waals surface area contributed by atoms with Crippen LogP contribution >= 0.6 is 0 Å². The summed E-state index contributed by atoms with van der Waals surface area (Å²) < 4.78 is 0. The molecule has 0 aliphatic carbocycles. The van der Waals surface area contributed by atoms with Crippen LogP contribution in [0.15, 0.2) is 29.3 Å². The van der Waals surface area contributed by atoms with Crippen molar-refractivity contribution in [1.82, 2.24) is 5.06 Å². The lowest BCUT2D eigenvalue weighted by molar-refractivity contribution is -0.288. The molecule has 0 bridgehead atoms. The molecule has 1 heterocycles. The molecule has 1 N–H and O–H groups in total. The molecule has 4 heteroatoms. The summed E-state index contributed by atoms with van der Waals surface area (Å²) in [6.45, 7) is 7.85. The number of phenolic OH excluding ortho intramolecular Hbond substituents is 1.